The maximum Gasteiger partial charge on any atom is 0.263 e. The smallest absolute Gasteiger partial charge is 0.263 e. The number of nitrogens with one attached hydrogen (secondary N) is 1. The molecule has 0 saturated carbocycles. The minimum absolute atomic E-state index is 0.0131. The number of carbonyl (C=O) groups excluding carboxylic acids is 2. The minimum atomic E-state index is 0.0131. The molecule has 2 aliphatic heterocycles. The molecule has 2 saturated heterocycles. The van der Waals surface area contributed by atoms with Gasteiger partial charge >= 0.3 is 0 Å². The molecule has 1 atom stereocenters. The van der Waals surface area contributed by atoms with Gasteiger partial charge in [-0.25, -0.2) is 0 Å². The number of fused-ring (bicyclic) bond motifs is 1. The van der Waals surface area contributed by atoms with Crippen LogP contribution in [0.2, 0.25) is 0 Å². The van der Waals surface area contributed by atoms with Crippen molar-refractivity contribution in [1.82, 2.24) is 19.7 Å². The van der Waals surface area contributed by atoms with E-state index in [9.17, 15) is 9.59 Å². The van der Waals surface area contributed by atoms with Crippen molar-refractivity contribution in [3.8, 4) is 5.00 Å². The maximum atomic E-state index is 13.1. The van der Waals surface area contributed by atoms with Crippen molar-refractivity contribution in [2.24, 2.45) is 11.8 Å². The molecular weight excluding hydrogens is 456 g/mol. The minimum Gasteiger partial charge on any atom is -0.356 e. The van der Waals surface area contributed by atoms with Crippen molar-refractivity contribution in [3.63, 3.8) is 0 Å². The largest absolute Gasteiger partial charge is 0.356 e. The molecule has 0 radical (unpaired) electrons. The van der Waals surface area contributed by atoms with Crippen molar-refractivity contribution < 1.29 is 9.59 Å². The number of likely N-dealkylation sites (tertiary alicyclic amines) is 2. The average Bonchev–Trinajstić information content (AvgIpc) is 3.53. The fourth-order valence-electron chi connectivity index (χ4n) is 5.50. The van der Waals surface area contributed by atoms with E-state index in [-0.39, 0.29) is 17.7 Å². The van der Waals surface area contributed by atoms with Gasteiger partial charge in [-0.15, -0.1) is 11.3 Å². The fourth-order valence-corrected chi connectivity index (χ4v) is 6.47. The molecule has 4 heterocycles. The van der Waals surface area contributed by atoms with Crippen LogP contribution < -0.4 is 5.32 Å². The van der Waals surface area contributed by atoms with Gasteiger partial charge in [0.15, 0.2) is 0 Å². The van der Waals surface area contributed by atoms with E-state index in [0.29, 0.717) is 13.1 Å². The lowest BCUT2D eigenvalue weighted by molar-refractivity contribution is -0.126. The number of rotatable bonds is 7. The number of para-hydroxylation sites is 1. The molecule has 5 rings (SSSR count). The van der Waals surface area contributed by atoms with Crippen molar-refractivity contribution in [2.45, 2.75) is 39.0 Å². The summed E-state index contributed by atoms with van der Waals surface area (Å²) >= 11 is 1.53. The topological polar surface area (TPSA) is 57.6 Å². The summed E-state index contributed by atoms with van der Waals surface area (Å²) in [6.45, 7) is 7.80. The highest BCUT2D eigenvalue weighted by Gasteiger charge is 2.28. The van der Waals surface area contributed by atoms with Crippen LogP contribution in [0.3, 0.4) is 0 Å². The average molecular weight is 493 g/mol. The van der Waals surface area contributed by atoms with Crippen molar-refractivity contribution in [1.29, 1.82) is 0 Å². The van der Waals surface area contributed by atoms with E-state index >= 15 is 0 Å². The molecule has 1 N–H and O–H groups in total. The van der Waals surface area contributed by atoms with Crippen LogP contribution in [0, 0.1) is 11.8 Å². The normalized spacial score (nSPS) is 19.8. The highest BCUT2D eigenvalue weighted by molar-refractivity contribution is 7.16. The summed E-state index contributed by atoms with van der Waals surface area (Å²) in [7, 11) is 0. The molecule has 7 heteroatoms. The van der Waals surface area contributed by atoms with E-state index in [4.69, 9.17) is 0 Å². The van der Waals surface area contributed by atoms with Gasteiger partial charge in [0.25, 0.3) is 5.91 Å². The van der Waals surface area contributed by atoms with Crippen LogP contribution in [0.5, 0.6) is 0 Å². The lowest BCUT2D eigenvalue weighted by atomic mass is 9.95. The predicted octanol–water partition coefficient (Wildman–Crippen LogP) is 4.78. The van der Waals surface area contributed by atoms with E-state index in [2.05, 4.69) is 46.1 Å². The van der Waals surface area contributed by atoms with E-state index in [1.54, 1.807) is 0 Å². The molecule has 35 heavy (non-hydrogen) atoms. The van der Waals surface area contributed by atoms with Crippen LogP contribution >= 0.6 is 11.3 Å². The molecule has 0 aliphatic carbocycles. The van der Waals surface area contributed by atoms with Gasteiger partial charge in [-0.05, 0) is 80.8 Å². The quantitative estimate of drug-likeness (QED) is 0.483. The summed E-state index contributed by atoms with van der Waals surface area (Å²) < 4.78 is 2.14. The Morgan fingerprint density at radius 2 is 1.86 bits per heavy atom. The summed E-state index contributed by atoms with van der Waals surface area (Å²) in [4.78, 5) is 31.0. The lowest BCUT2D eigenvalue weighted by Crippen LogP contribution is -2.43. The number of piperidine rings is 2. The number of nitrogens with zero attached hydrogens (tertiary/aromatic N) is 3. The molecule has 186 valence electrons. The number of thiophene rings is 1. The van der Waals surface area contributed by atoms with E-state index in [1.807, 2.05) is 29.2 Å². The third-order valence-corrected chi connectivity index (χ3v) is 8.56. The zero-order valence-corrected chi connectivity index (χ0v) is 21.4. The van der Waals surface area contributed by atoms with Gasteiger partial charge in [-0.3, -0.25) is 9.59 Å². The Morgan fingerprint density at radius 3 is 2.69 bits per heavy atom. The predicted molar refractivity (Wildman–Crippen MR) is 142 cm³/mol. The van der Waals surface area contributed by atoms with E-state index < -0.39 is 0 Å². The Bertz CT molecular complexity index is 1160. The van der Waals surface area contributed by atoms with E-state index in [0.717, 1.165) is 53.7 Å². The Balaban J connectivity index is 1.08. The molecule has 0 bridgehead atoms. The number of aromatic nitrogens is 1. The first-order valence-corrected chi connectivity index (χ1v) is 13.9. The molecule has 0 unspecified atom stereocenters. The summed E-state index contributed by atoms with van der Waals surface area (Å²) in [5.74, 6) is 1.04. The van der Waals surface area contributed by atoms with Crippen LogP contribution in [-0.4, -0.2) is 65.4 Å². The zero-order valence-electron chi connectivity index (χ0n) is 20.6. The van der Waals surface area contributed by atoms with Gasteiger partial charge in [0.05, 0.1) is 10.4 Å². The summed E-state index contributed by atoms with van der Waals surface area (Å²) in [5.41, 5.74) is 1.14. The first-order chi connectivity index (χ1) is 17.1. The summed E-state index contributed by atoms with van der Waals surface area (Å²) in [6.07, 6.45) is 7.17. The number of hydrogen-bond donors (Lipinski definition) is 1. The summed E-state index contributed by atoms with van der Waals surface area (Å²) in [5, 5.41) is 5.38. The molecule has 2 fully saturated rings. The SMILES string of the molecule is C[C@@H]1CCCN(CCCNC(=O)C2CCN(C(=O)c3ccc(-n4ccc5ccccc54)s3)CC2)C1. The number of hydrogen-bond acceptors (Lipinski definition) is 4. The van der Waals surface area contributed by atoms with Crippen molar-refractivity contribution in [3.05, 3.63) is 53.5 Å². The van der Waals surface area contributed by atoms with Crippen LogP contribution in [0.25, 0.3) is 15.9 Å². The number of carbonyl (C=O) groups is 2. The molecule has 0 spiro atoms. The summed E-state index contributed by atoms with van der Waals surface area (Å²) in [6, 6.07) is 14.3. The third-order valence-electron chi connectivity index (χ3n) is 7.48. The zero-order chi connectivity index (χ0) is 24.2. The van der Waals surface area contributed by atoms with Crippen LogP contribution in [0.4, 0.5) is 0 Å². The van der Waals surface area contributed by atoms with Gasteiger partial charge in [0.1, 0.15) is 5.00 Å². The van der Waals surface area contributed by atoms with Gasteiger partial charge in [-0.2, -0.15) is 0 Å². The van der Waals surface area contributed by atoms with Gasteiger partial charge in [-0.1, -0.05) is 25.1 Å². The molecule has 2 aliphatic rings. The first kappa shape index (κ1) is 24.1. The molecule has 2 amide bonds. The first-order valence-electron chi connectivity index (χ1n) is 13.0. The monoisotopic (exact) mass is 492 g/mol. The highest BCUT2D eigenvalue weighted by Crippen LogP contribution is 2.28. The molecular formula is C28H36N4O2S. The molecule has 3 aromatic rings. The molecule has 2 aromatic heterocycles. The fraction of sp³-hybridized carbons (Fsp3) is 0.500. The standard InChI is InChI=1S/C28H36N4O2S/c1-21-6-4-15-30(20-21)16-5-14-29-27(33)23-11-17-31(18-12-23)28(34)25-9-10-26(35-25)32-19-13-22-7-2-3-8-24(22)32/h2-3,7-10,13,19,21,23H,4-6,11-12,14-18,20H2,1H3,(H,29,33)/t21-/m1/s1. The maximum absolute atomic E-state index is 13.1. The van der Waals surface area contributed by atoms with Crippen LogP contribution in [-0.2, 0) is 4.79 Å². The third kappa shape index (κ3) is 5.62. The second kappa shape index (κ2) is 11.0. The van der Waals surface area contributed by atoms with Gasteiger partial charge in [0, 0.05) is 38.3 Å². The van der Waals surface area contributed by atoms with Gasteiger partial charge < -0.3 is 19.7 Å². The van der Waals surface area contributed by atoms with Crippen molar-refractivity contribution in [2.75, 3.05) is 39.3 Å². The second-order valence-corrected chi connectivity index (χ2v) is 11.2. The number of amides is 2. The second-order valence-electron chi connectivity index (χ2n) is 10.1. The van der Waals surface area contributed by atoms with E-state index in [1.165, 1.54) is 42.7 Å². The Morgan fingerprint density at radius 1 is 1.03 bits per heavy atom. The Hall–Kier alpha value is -2.64. The molecule has 6 nitrogen and oxygen atoms in total. The van der Waals surface area contributed by atoms with Crippen molar-refractivity contribution >= 4 is 34.1 Å². The van der Waals surface area contributed by atoms with Crippen LogP contribution in [0.1, 0.15) is 48.7 Å². The Labute approximate surface area is 211 Å². The van der Waals surface area contributed by atoms with Crippen LogP contribution in [0.15, 0.2) is 48.7 Å². The number of benzene rings is 1. The lowest BCUT2D eigenvalue weighted by Gasteiger charge is -2.32. The highest BCUT2D eigenvalue weighted by atomic mass is 32.1. The molecule has 1 aromatic carbocycles. The Kier molecular flexibility index (Phi) is 7.54. The van der Waals surface area contributed by atoms with Gasteiger partial charge in [0.2, 0.25) is 5.91 Å².